The first-order chi connectivity index (χ1) is 24.9. The second-order valence-electron chi connectivity index (χ2n) is 18.2. The van der Waals surface area contributed by atoms with E-state index in [0.29, 0.717) is 34.3 Å². The van der Waals surface area contributed by atoms with Crippen molar-refractivity contribution in [3.05, 3.63) is 86.8 Å². The van der Waals surface area contributed by atoms with Crippen LogP contribution < -0.4 is 10.4 Å². The van der Waals surface area contributed by atoms with Crippen molar-refractivity contribution in [2.45, 2.75) is 132 Å². The van der Waals surface area contributed by atoms with Crippen molar-refractivity contribution in [2.75, 3.05) is 6.61 Å². The highest BCUT2D eigenvalue weighted by atomic mass is 16.6. The molecule has 0 unspecified atom stereocenters. The summed E-state index contributed by atoms with van der Waals surface area (Å²) in [4.78, 5) is 26.2. The second-order valence-corrected chi connectivity index (χ2v) is 18.2. The van der Waals surface area contributed by atoms with E-state index in [1.807, 2.05) is 56.3 Å². The normalized spacial score (nSPS) is 30.3. The summed E-state index contributed by atoms with van der Waals surface area (Å²) in [5.41, 5.74) is 5.76. The topological polar surface area (TPSA) is 65.7 Å². The average molecular weight is 707 g/mol. The van der Waals surface area contributed by atoms with E-state index in [1.165, 1.54) is 56.9 Å². The Balaban J connectivity index is 0.961. The number of rotatable bonds is 11. The summed E-state index contributed by atoms with van der Waals surface area (Å²) >= 11 is 0. The van der Waals surface area contributed by atoms with Crippen LogP contribution in [0.4, 0.5) is 0 Å². The third-order valence-corrected chi connectivity index (χ3v) is 14.8. The van der Waals surface area contributed by atoms with Gasteiger partial charge in [0.25, 0.3) is 0 Å². The molecule has 1 aromatic heterocycles. The van der Waals surface area contributed by atoms with Gasteiger partial charge in [-0.2, -0.15) is 0 Å². The summed E-state index contributed by atoms with van der Waals surface area (Å²) < 4.78 is 17.9. The molecule has 5 heteroatoms. The number of ether oxygens (including phenoxy) is 2. The fourth-order valence-electron chi connectivity index (χ4n) is 11.8. The summed E-state index contributed by atoms with van der Waals surface area (Å²) in [6.45, 7) is 16.2. The summed E-state index contributed by atoms with van der Waals surface area (Å²) in [5, 5.41) is 0.883. The van der Waals surface area contributed by atoms with Gasteiger partial charge in [0.1, 0.15) is 17.4 Å². The van der Waals surface area contributed by atoms with Gasteiger partial charge in [0, 0.05) is 29.4 Å². The lowest BCUT2D eigenvalue weighted by Gasteiger charge is -2.58. The quantitative estimate of drug-likeness (QED) is 0.113. The van der Waals surface area contributed by atoms with Crippen molar-refractivity contribution < 1.29 is 18.7 Å². The van der Waals surface area contributed by atoms with Gasteiger partial charge < -0.3 is 13.9 Å². The van der Waals surface area contributed by atoms with Gasteiger partial charge in [-0.05, 0) is 128 Å². The van der Waals surface area contributed by atoms with Crippen LogP contribution >= 0.6 is 0 Å². The number of aryl methyl sites for hydroxylation is 2. The number of hydrogen-bond donors (Lipinski definition) is 0. The van der Waals surface area contributed by atoms with Crippen LogP contribution in [0.1, 0.15) is 128 Å². The van der Waals surface area contributed by atoms with Crippen molar-refractivity contribution in [1.29, 1.82) is 0 Å². The van der Waals surface area contributed by atoms with Crippen LogP contribution in [0.25, 0.3) is 11.0 Å². The van der Waals surface area contributed by atoms with Crippen LogP contribution in [-0.4, -0.2) is 18.7 Å². The molecule has 4 aliphatic rings. The lowest BCUT2D eigenvalue weighted by molar-refractivity contribution is -0.153. The van der Waals surface area contributed by atoms with Crippen molar-refractivity contribution in [1.82, 2.24) is 0 Å². The van der Waals surface area contributed by atoms with Crippen LogP contribution in [0.5, 0.6) is 5.75 Å². The van der Waals surface area contributed by atoms with E-state index in [-0.39, 0.29) is 29.7 Å². The largest absolute Gasteiger partial charge is 0.481 e. The molecule has 3 aromatic rings. The second kappa shape index (κ2) is 14.8. The standard InChI is InChI=1S/C47H62O5/c1-29(2)12-11-13-30(3)39-19-20-40-37-17-16-34-27-35(22-24-46(34,6)41(37)23-25-47(39,40)7)51-43(48)28-50-42-21-18-36-31(4)38(26-33-14-9-8-10-15-33)45(49)52-44(36)32(42)5/h8-10,14-16,18,21,29-30,35,37,39-41H,11-13,17,19-20,22-28H2,1-7H3/t30-,35+,37+,39-,40+,41-,46+,47-/m1/s1. The fraction of sp³-hybridized carbons (Fsp3) is 0.617. The molecule has 0 saturated heterocycles. The highest BCUT2D eigenvalue weighted by Crippen LogP contribution is 2.67. The first-order valence-corrected chi connectivity index (χ1v) is 20.5. The molecule has 8 atom stereocenters. The molecule has 0 N–H and O–H groups in total. The molecule has 2 aromatic carbocycles. The Bertz CT molecular complexity index is 1850. The zero-order valence-electron chi connectivity index (χ0n) is 32.9. The number of benzene rings is 2. The van der Waals surface area contributed by atoms with E-state index in [9.17, 15) is 9.59 Å². The zero-order chi connectivity index (χ0) is 36.8. The van der Waals surface area contributed by atoms with E-state index >= 15 is 0 Å². The van der Waals surface area contributed by atoms with Gasteiger partial charge in [-0.3, -0.25) is 0 Å². The molecule has 4 aliphatic carbocycles. The van der Waals surface area contributed by atoms with E-state index in [1.54, 1.807) is 0 Å². The molecule has 1 heterocycles. The monoisotopic (exact) mass is 706 g/mol. The summed E-state index contributed by atoms with van der Waals surface area (Å²) in [7, 11) is 0. The molecular weight excluding hydrogens is 645 g/mol. The van der Waals surface area contributed by atoms with E-state index in [0.717, 1.165) is 71.3 Å². The van der Waals surface area contributed by atoms with Crippen LogP contribution in [0.2, 0.25) is 0 Å². The number of esters is 1. The fourth-order valence-corrected chi connectivity index (χ4v) is 11.8. The molecule has 7 rings (SSSR count). The predicted molar refractivity (Wildman–Crippen MR) is 210 cm³/mol. The Kier molecular flexibility index (Phi) is 10.5. The number of fused-ring (bicyclic) bond motifs is 6. The minimum Gasteiger partial charge on any atom is -0.481 e. The average Bonchev–Trinajstić information content (AvgIpc) is 3.48. The molecule has 0 amide bonds. The summed E-state index contributed by atoms with van der Waals surface area (Å²) in [6, 6.07) is 13.8. The Hall–Kier alpha value is -3.34. The maximum absolute atomic E-state index is 13.2. The van der Waals surface area contributed by atoms with Crippen molar-refractivity contribution in [3.63, 3.8) is 0 Å². The Morgan fingerprint density at radius 2 is 1.71 bits per heavy atom. The molecule has 3 fully saturated rings. The maximum atomic E-state index is 13.2. The number of carbonyl (C=O) groups is 1. The smallest absolute Gasteiger partial charge is 0.344 e. The predicted octanol–water partition coefficient (Wildman–Crippen LogP) is 11.3. The summed E-state index contributed by atoms with van der Waals surface area (Å²) in [6.07, 6.45) is 16.7. The maximum Gasteiger partial charge on any atom is 0.344 e. The van der Waals surface area contributed by atoms with Gasteiger partial charge in [0.05, 0.1) is 0 Å². The van der Waals surface area contributed by atoms with Crippen molar-refractivity contribution >= 4 is 16.9 Å². The van der Waals surface area contributed by atoms with Gasteiger partial charge in [-0.15, -0.1) is 0 Å². The zero-order valence-corrected chi connectivity index (χ0v) is 32.9. The summed E-state index contributed by atoms with van der Waals surface area (Å²) in [5.74, 6) is 5.09. The minimum absolute atomic E-state index is 0.107. The lowest BCUT2D eigenvalue weighted by atomic mass is 9.47. The van der Waals surface area contributed by atoms with Gasteiger partial charge >= 0.3 is 11.6 Å². The molecule has 0 spiro atoms. The molecule has 0 bridgehead atoms. The molecule has 5 nitrogen and oxygen atoms in total. The number of allylic oxidation sites excluding steroid dienone is 1. The molecule has 0 radical (unpaired) electrons. The minimum atomic E-state index is -0.342. The first kappa shape index (κ1) is 37.0. The van der Waals surface area contributed by atoms with Gasteiger partial charge in [0.2, 0.25) is 0 Å². The van der Waals surface area contributed by atoms with E-state index in [2.05, 4.69) is 40.7 Å². The molecule has 280 valence electrons. The number of hydrogen-bond acceptors (Lipinski definition) is 5. The number of carbonyl (C=O) groups excluding carboxylic acids is 1. The van der Waals surface area contributed by atoms with E-state index in [4.69, 9.17) is 13.9 Å². The molecule has 52 heavy (non-hydrogen) atoms. The molecular formula is C47H62O5. The van der Waals surface area contributed by atoms with Crippen molar-refractivity contribution in [2.24, 2.45) is 46.3 Å². The van der Waals surface area contributed by atoms with Crippen molar-refractivity contribution in [3.8, 4) is 5.75 Å². The van der Waals surface area contributed by atoms with Crippen LogP contribution in [0.3, 0.4) is 0 Å². The van der Waals surface area contributed by atoms with Gasteiger partial charge in [0.15, 0.2) is 6.61 Å². The molecule has 0 aliphatic heterocycles. The Labute approximate surface area is 311 Å². The highest BCUT2D eigenvalue weighted by Gasteiger charge is 2.59. The third-order valence-electron chi connectivity index (χ3n) is 14.8. The van der Waals surface area contributed by atoms with Crippen LogP contribution in [0.15, 0.2) is 63.3 Å². The van der Waals surface area contributed by atoms with E-state index < -0.39 is 0 Å². The highest BCUT2D eigenvalue weighted by molar-refractivity contribution is 5.86. The Morgan fingerprint density at radius 1 is 0.923 bits per heavy atom. The lowest BCUT2D eigenvalue weighted by Crippen LogP contribution is -2.51. The SMILES string of the molecule is Cc1c(Cc2ccccc2)c(=O)oc2c(C)c(OCC(=O)O[C@H]3CC[C@@]4(C)C(=CC[C@@H]5[C@H]4CC[C@]4(C)[C@@H]([C@H](C)CCCC(C)C)CC[C@@H]54)C3)ccc12. The third kappa shape index (κ3) is 6.91. The van der Waals surface area contributed by atoms with Crippen LogP contribution in [-0.2, 0) is 16.0 Å². The van der Waals surface area contributed by atoms with Crippen LogP contribution in [0, 0.1) is 60.2 Å². The molecule has 3 saturated carbocycles. The van der Waals surface area contributed by atoms with Gasteiger partial charge in [-0.25, -0.2) is 9.59 Å². The van der Waals surface area contributed by atoms with Gasteiger partial charge in [-0.1, -0.05) is 95.9 Å². The first-order valence-electron chi connectivity index (χ1n) is 20.5. The Morgan fingerprint density at radius 3 is 2.48 bits per heavy atom.